The number of hydrogen-bond donors (Lipinski definition) is 2. The second-order valence-electron chi connectivity index (χ2n) is 6.94. The number of aromatic nitrogens is 1. The molecule has 1 atom stereocenters. The van der Waals surface area contributed by atoms with Crippen LogP contribution >= 0.6 is 0 Å². The van der Waals surface area contributed by atoms with Gasteiger partial charge in [0.25, 0.3) is 5.91 Å². The van der Waals surface area contributed by atoms with E-state index >= 15 is 0 Å². The van der Waals surface area contributed by atoms with E-state index in [4.69, 9.17) is 14.2 Å². The van der Waals surface area contributed by atoms with E-state index in [1.165, 1.54) is 16.6 Å². The van der Waals surface area contributed by atoms with Crippen LogP contribution in [-0.4, -0.2) is 37.8 Å². The molecule has 1 aliphatic carbocycles. The molecule has 1 aliphatic rings. The van der Waals surface area contributed by atoms with Gasteiger partial charge in [-0.15, -0.1) is 0 Å². The van der Waals surface area contributed by atoms with Gasteiger partial charge in [0.1, 0.15) is 5.75 Å². The van der Waals surface area contributed by atoms with Gasteiger partial charge in [0.2, 0.25) is 0 Å². The van der Waals surface area contributed by atoms with Crippen molar-refractivity contribution in [3.8, 4) is 17.2 Å². The van der Waals surface area contributed by atoms with Crippen LogP contribution in [0, 0.1) is 0 Å². The lowest BCUT2D eigenvalue weighted by Crippen LogP contribution is -2.41. The lowest BCUT2D eigenvalue weighted by molar-refractivity contribution is -0.123. The third kappa shape index (κ3) is 3.63. The zero-order chi connectivity index (χ0) is 19.5. The molecule has 0 spiro atoms. The summed E-state index contributed by atoms with van der Waals surface area (Å²) < 4.78 is 16.2. The Labute approximate surface area is 163 Å². The number of carbonyl (C=O) groups excluding carboxylic acids is 1. The highest BCUT2D eigenvalue weighted by atomic mass is 16.5. The molecule has 0 radical (unpaired) electrons. The Kier molecular flexibility index (Phi) is 5.10. The fourth-order valence-electron chi connectivity index (χ4n) is 3.80. The number of carbonyl (C=O) groups is 1. The SMILES string of the molecule is COc1ccc2[nH]c3c(c2c1)CC(NC(=O)COc1ccccc1OC)CC3. The summed E-state index contributed by atoms with van der Waals surface area (Å²) in [7, 11) is 3.25. The summed E-state index contributed by atoms with van der Waals surface area (Å²) in [5.41, 5.74) is 3.62. The summed E-state index contributed by atoms with van der Waals surface area (Å²) in [5, 5.41) is 4.27. The van der Waals surface area contributed by atoms with E-state index < -0.39 is 0 Å². The molecule has 0 saturated heterocycles. The predicted molar refractivity (Wildman–Crippen MR) is 107 cm³/mol. The van der Waals surface area contributed by atoms with Gasteiger partial charge < -0.3 is 24.5 Å². The third-order valence-corrected chi connectivity index (χ3v) is 5.19. The van der Waals surface area contributed by atoms with Crippen molar-refractivity contribution in [2.24, 2.45) is 0 Å². The summed E-state index contributed by atoms with van der Waals surface area (Å²) in [4.78, 5) is 15.9. The van der Waals surface area contributed by atoms with E-state index in [0.717, 1.165) is 30.5 Å². The molecule has 1 amide bonds. The van der Waals surface area contributed by atoms with Gasteiger partial charge in [-0.3, -0.25) is 4.79 Å². The fourth-order valence-corrected chi connectivity index (χ4v) is 3.80. The van der Waals surface area contributed by atoms with Crippen LogP contribution < -0.4 is 19.5 Å². The molecule has 0 bridgehead atoms. The van der Waals surface area contributed by atoms with Crippen LogP contribution in [0.2, 0.25) is 0 Å². The molecule has 4 rings (SSSR count). The highest BCUT2D eigenvalue weighted by molar-refractivity contribution is 5.86. The van der Waals surface area contributed by atoms with E-state index in [-0.39, 0.29) is 18.6 Å². The maximum Gasteiger partial charge on any atom is 0.258 e. The molecule has 3 aromatic rings. The molecule has 2 N–H and O–H groups in total. The smallest absolute Gasteiger partial charge is 0.258 e. The minimum atomic E-state index is -0.128. The van der Waals surface area contributed by atoms with Crippen molar-refractivity contribution in [3.05, 3.63) is 53.7 Å². The van der Waals surface area contributed by atoms with Crippen LogP contribution in [0.1, 0.15) is 17.7 Å². The Bertz CT molecular complexity index is 995. The van der Waals surface area contributed by atoms with E-state index in [2.05, 4.69) is 16.4 Å². The van der Waals surface area contributed by atoms with Gasteiger partial charge in [-0.1, -0.05) is 12.1 Å². The fraction of sp³-hybridized carbons (Fsp3) is 0.318. The van der Waals surface area contributed by atoms with Gasteiger partial charge in [0.05, 0.1) is 14.2 Å². The lowest BCUT2D eigenvalue weighted by Gasteiger charge is -2.23. The average molecular weight is 380 g/mol. The van der Waals surface area contributed by atoms with Crippen LogP contribution in [0.3, 0.4) is 0 Å². The van der Waals surface area contributed by atoms with Gasteiger partial charge in [-0.2, -0.15) is 0 Å². The average Bonchev–Trinajstić information content (AvgIpc) is 3.09. The topological polar surface area (TPSA) is 72.6 Å². The molecule has 0 saturated carbocycles. The number of para-hydroxylation sites is 2. The van der Waals surface area contributed by atoms with E-state index in [1.807, 2.05) is 24.3 Å². The summed E-state index contributed by atoms with van der Waals surface area (Å²) in [6.45, 7) is -0.0363. The number of aromatic amines is 1. The van der Waals surface area contributed by atoms with Gasteiger partial charge in [0.15, 0.2) is 18.1 Å². The Morgan fingerprint density at radius 3 is 2.75 bits per heavy atom. The van der Waals surface area contributed by atoms with Gasteiger partial charge in [-0.25, -0.2) is 0 Å². The highest BCUT2D eigenvalue weighted by Gasteiger charge is 2.24. The Morgan fingerprint density at radius 1 is 1.14 bits per heavy atom. The maximum atomic E-state index is 12.4. The van der Waals surface area contributed by atoms with Crippen molar-refractivity contribution in [1.29, 1.82) is 0 Å². The van der Waals surface area contributed by atoms with Crippen molar-refractivity contribution in [2.75, 3.05) is 20.8 Å². The zero-order valence-electron chi connectivity index (χ0n) is 16.1. The van der Waals surface area contributed by atoms with E-state index in [1.54, 1.807) is 26.4 Å². The number of rotatable bonds is 6. The molecule has 2 aromatic carbocycles. The van der Waals surface area contributed by atoms with Crippen molar-refractivity contribution < 1.29 is 19.0 Å². The van der Waals surface area contributed by atoms with Crippen LogP contribution in [-0.2, 0) is 17.6 Å². The van der Waals surface area contributed by atoms with Crippen molar-refractivity contribution in [1.82, 2.24) is 10.3 Å². The molecule has 28 heavy (non-hydrogen) atoms. The Morgan fingerprint density at radius 2 is 1.96 bits per heavy atom. The van der Waals surface area contributed by atoms with E-state index in [9.17, 15) is 4.79 Å². The van der Waals surface area contributed by atoms with Crippen molar-refractivity contribution in [3.63, 3.8) is 0 Å². The number of aryl methyl sites for hydroxylation is 1. The largest absolute Gasteiger partial charge is 0.497 e. The molecule has 0 fully saturated rings. The van der Waals surface area contributed by atoms with Gasteiger partial charge in [-0.05, 0) is 55.2 Å². The van der Waals surface area contributed by atoms with Crippen LogP contribution in [0.25, 0.3) is 10.9 Å². The standard InChI is InChI=1S/C22H24N2O4/c1-26-15-8-10-19-17(12-15)16-11-14(7-9-18(16)24-19)23-22(25)13-28-21-6-4-3-5-20(21)27-2/h3-6,8,10,12,14,24H,7,9,11,13H2,1-2H3,(H,23,25). The van der Waals surface area contributed by atoms with Crippen LogP contribution in [0.15, 0.2) is 42.5 Å². The number of amides is 1. The van der Waals surface area contributed by atoms with Crippen molar-refractivity contribution >= 4 is 16.8 Å². The predicted octanol–water partition coefficient (Wildman–Crippen LogP) is 3.24. The van der Waals surface area contributed by atoms with Crippen LogP contribution in [0.4, 0.5) is 0 Å². The first kappa shape index (κ1) is 18.2. The van der Waals surface area contributed by atoms with Crippen molar-refractivity contribution in [2.45, 2.75) is 25.3 Å². The number of hydrogen-bond acceptors (Lipinski definition) is 4. The maximum absolute atomic E-state index is 12.4. The summed E-state index contributed by atoms with van der Waals surface area (Å²) in [6, 6.07) is 13.5. The second-order valence-corrected chi connectivity index (χ2v) is 6.94. The molecule has 1 unspecified atom stereocenters. The lowest BCUT2D eigenvalue weighted by atomic mass is 9.91. The number of benzene rings is 2. The highest BCUT2D eigenvalue weighted by Crippen LogP contribution is 2.31. The first-order chi connectivity index (χ1) is 13.7. The zero-order valence-corrected chi connectivity index (χ0v) is 16.1. The summed E-state index contributed by atoms with van der Waals surface area (Å²) in [6.07, 6.45) is 2.60. The molecule has 6 nitrogen and oxygen atoms in total. The molecular weight excluding hydrogens is 356 g/mol. The Hall–Kier alpha value is -3.15. The number of H-pyrrole nitrogens is 1. The number of methoxy groups -OCH3 is 2. The minimum absolute atomic E-state index is 0.0363. The molecule has 0 aliphatic heterocycles. The van der Waals surface area contributed by atoms with Gasteiger partial charge in [0, 0.05) is 22.6 Å². The van der Waals surface area contributed by atoms with E-state index in [0.29, 0.717) is 11.5 Å². The molecule has 1 heterocycles. The first-order valence-electron chi connectivity index (χ1n) is 9.40. The molecule has 6 heteroatoms. The molecule has 1 aromatic heterocycles. The first-order valence-corrected chi connectivity index (χ1v) is 9.40. The second kappa shape index (κ2) is 7.84. The normalized spacial score (nSPS) is 15.7. The van der Waals surface area contributed by atoms with Crippen LogP contribution in [0.5, 0.6) is 17.2 Å². The van der Waals surface area contributed by atoms with Gasteiger partial charge >= 0.3 is 0 Å². The number of nitrogens with one attached hydrogen (secondary N) is 2. The minimum Gasteiger partial charge on any atom is -0.497 e. The monoisotopic (exact) mass is 380 g/mol. The third-order valence-electron chi connectivity index (χ3n) is 5.19. The Balaban J connectivity index is 1.41. The quantitative estimate of drug-likeness (QED) is 0.689. The summed E-state index contributed by atoms with van der Waals surface area (Å²) in [5.74, 6) is 1.89. The molecule has 146 valence electrons. The number of ether oxygens (including phenoxy) is 3. The number of fused-ring (bicyclic) bond motifs is 3. The molecular formula is C22H24N2O4. The summed E-state index contributed by atoms with van der Waals surface area (Å²) >= 11 is 0.